The molecule has 0 saturated heterocycles. The maximum Gasteiger partial charge on any atom is 0.122 e. The molecule has 1 aliphatic carbocycles. The topological polar surface area (TPSA) is 21.3 Å². The number of nitrogens with one attached hydrogen (secondary N) is 1. The smallest absolute Gasteiger partial charge is 0.122 e. The average Bonchev–Trinajstić information content (AvgIpc) is 2.94. The molecule has 0 bridgehead atoms. The Balaban J connectivity index is 2.20. The van der Waals surface area contributed by atoms with Crippen LogP contribution in [0.2, 0.25) is 0 Å². The molecule has 0 spiro atoms. The molecule has 1 unspecified atom stereocenters. The van der Waals surface area contributed by atoms with Crippen molar-refractivity contribution in [3.8, 4) is 5.75 Å². The summed E-state index contributed by atoms with van der Waals surface area (Å²) in [6.45, 7) is 7.64. The van der Waals surface area contributed by atoms with Crippen LogP contribution in [0.4, 0.5) is 0 Å². The zero-order valence-electron chi connectivity index (χ0n) is 13.4. The summed E-state index contributed by atoms with van der Waals surface area (Å²) in [5, 5.41) is 3.63. The third kappa shape index (κ3) is 3.76. The minimum absolute atomic E-state index is 0.547. The third-order valence-corrected chi connectivity index (χ3v) is 4.58. The van der Waals surface area contributed by atoms with E-state index in [9.17, 15) is 0 Å². The summed E-state index contributed by atoms with van der Waals surface area (Å²) in [6.07, 6.45) is 5.54. The van der Waals surface area contributed by atoms with Gasteiger partial charge in [-0.15, -0.1) is 0 Å². The number of hydrogen-bond donors (Lipinski definition) is 1. The quantitative estimate of drug-likeness (QED) is 0.837. The first-order valence-corrected chi connectivity index (χ1v) is 7.99. The molecular formula is C18H29NO. The van der Waals surface area contributed by atoms with Crippen LogP contribution in [0.3, 0.4) is 0 Å². The first kappa shape index (κ1) is 15.4. The highest BCUT2D eigenvalue weighted by Gasteiger charge is 2.26. The Morgan fingerprint density at radius 2 is 1.95 bits per heavy atom. The minimum atomic E-state index is 0.547. The molecule has 0 aromatic heterocycles. The van der Waals surface area contributed by atoms with E-state index in [1.54, 1.807) is 7.11 Å². The van der Waals surface area contributed by atoms with Gasteiger partial charge in [0.1, 0.15) is 5.75 Å². The van der Waals surface area contributed by atoms with Gasteiger partial charge in [0.05, 0.1) is 7.11 Å². The van der Waals surface area contributed by atoms with Crippen molar-refractivity contribution in [3.63, 3.8) is 0 Å². The fraction of sp³-hybridized carbons (Fsp3) is 0.667. The molecule has 1 aliphatic rings. The van der Waals surface area contributed by atoms with E-state index in [-0.39, 0.29) is 0 Å². The number of benzene rings is 1. The second-order valence-corrected chi connectivity index (χ2v) is 6.44. The predicted octanol–water partition coefficient (Wildman–Crippen LogP) is 4.28. The molecule has 0 amide bonds. The fourth-order valence-corrected chi connectivity index (χ4v) is 3.35. The van der Waals surface area contributed by atoms with Crippen molar-refractivity contribution in [2.24, 2.45) is 5.92 Å². The van der Waals surface area contributed by atoms with Gasteiger partial charge in [0.2, 0.25) is 0 Å². The Hall–Kier alpha value is -1.02. The van der Waals surface area contributed by atoms with Crippen molar-refractivity contribution in [2.75, 3.05) is 13.7 Å². The number of methoxy groups -OCH3 is 1. The molecule has 0 aliphatic heterocycles. The van der Waals surface area contributed by atoms with Gasteiger partial charge in [-0.25, -0.2) is 0 Å². The van der Waals surface area contributed by atoms with Gasteiger partial charge < -0.3 is 10.1 Å². The van der Waals surface area contributed by atoms with Crippen molar-refractivity contribution in [1.29, 1.82) is 0 Å². The van der Waals surface area contributed by atoms with Crippen LogP contribution in [-0.2, 0) is 0 Å². The minimum Gasteiger partial charge on any atom is -0.496 e. The molecule has 112 valence electrons. The van der Waals surface area contributed by atoms with Crippen molar-refractivity contribution < 1.29 is 4.74 Å². The second kappa shape index (κ2) is 7.12. The van der Waals surface area contributed by atoms with E-state index in [0.717, 1.165) is 18.2 Å². The van der Waals surface area contributed by atoms with E-state index in [4.69, 9.17) is 4.74 Å². The first-order chi connectivity index (χ1) is 9.61. The van der Waals surface area contributed by atoms with Crippen molar-refractivity contribution >= 4 is 0 Å². The van der Waals surface area contributed by atoms with Crippen LogP contribution in [-0.4, -0.2) is 19.7 Å². The maximum atomic E-state index is 5.50. The Morgan fingerprint density at radius 3 is 2.55 bits per heavy atom. The predicted molar refractivity (Wildman–Crippen MR) is 85.6 cm³/mol. The summed E-state index contributed by atoms with van der Waals surface area (Å²) in [6, 6.07) is 7.29. The normalized spacial score (nSPS) is 17.6. The van der Waals surface area contributed by atoms with Gasteiger partial charge in [0, 0.05) is 12.6 Å². The lowest BCUT2D eigenvalue weighted by Crippen LogP contribution is -2.30. The summed E-state index contributed by atoms with van der Waals surface area (Å²) in [4.78, 5) is 0. The molecular weight excluding hydrogens is 246 g/mol. The Labute approximate surface area is 123 Å². The van der Waals surface area contributed by atoms with Gasteiger partial charge in [-0.2, -0.15) is 0 Å². The summed E-state index contributed by atoms with van der Waals surface area (Å²) in [5.41, 5.74) is 2.66. The zero-order chi connectivity index (χ0) is 14.5. The molecule has 0 radical (unpaired) electrons. The van der Waals surface area contributed by atoms with E-state index < -0.39 is 0 Å². The summed E-state index contributed by atoms with van der Waals surface area (Å²) < 4.78 is 5.50. The number of ether oxygens (including phenoxy) is 1. The second-order valence-electron chi connectivity index (χ2n) is 6.44. The van der Waals surface area contributed by atoms with Gasteiger partial charge in [-0.1, -0.05) is 38.8 Å². The highest BCUT2D eigenvalue weighted by Crippen LogP contribution is 2.38. The largest absolute Gasteiger partial charge is 0.496 e. The standard InChI is InChI=1S/C18H29NO/c1-13(2)19-12-17(15-7-5-6-8-15)16-10-9-14(3)18(11-16)20-4/h9-11,13,15,17,19H,5-8,12H2,1-4H3. The lowest BCUT2D eigenvalue weighted by molar-refractivity contribution is 0.390. The average molecular weight is 275 g/mol. The monoisotopic (exact) mass is 275 g/mol. The lowest BCUT2D eigenvalue weighted by atomic mass is 9.84. The fourth-order valence-electron chi connectivity index (χ4n) is 3.35. The molecule has 1 saturated carbocycles. The summed E-state index contributed by atoms with van der Waals surface area (Å²) >= 11 is 0. The maximum absolute atomic E-state index is 5.50. The number of aryl methyl sites for hydroxylation is 1. The number of rotatable bonds is 6. The van der Waals surface area contributed by atoms with Crippen LogP contribution in [0.5, 0.6) is 5.75 Å². The van der Waals surface area contributed by atoms with E-state index in [1.165, 1.54) is 36.8 Å². The molecule has 1 aromatic rings. The van der Waals surface area contributed by atoms with Crippen molar-refractivity contribution in [2.45, 2.75) is 58.4 Å². The molecule has 1 atom stereocenters. The molecule has 1 fully saturated rings. The Bertz CT molecular complexity index is 421. The van der Waals surface area contributed by atoms with Crippen LogP contribution >= 0.6 is 0 Å². The summed E-state index contributed by atoms with van der Waals surface area (Å²) in [7, 11) is 1.77. The van der Waals surface area contributed by atoms with Gasteiger partial charge in [0.15, 0.2) is 0 Å². The van der Waals surface area contributed by atoms with E-state index in [1.807, 2.05) is 0 Å². The Morgan fingerprint density at radius 1 is 1.25 bits per heavy atom. The van der Waals surface area contributed by atoms with Crippen LogP contribution in [0.25, 0.3) is 0 Å². The SMILES string of the molecule is COc1cc(C(CNC(C)C)C2CCCC2)ccc1C. The van der Waals surface area contributed by atoms with Crippen LogP contribution in [0.1, 0.15) is 56.6 Å². The lowest BCUT2D eigenvalue weighted by Gasteiger charge is -2.26. The van der Waals surface area contributed by atoms with Crippen LogP contribution in [0, 0.1) is 12.8 Å². The first-order valence-electron chi connectivity index (χ1n) is 7.99. The van der Waals surface area contributed by atoms with Crippen molar-refractivity contribution in [1.82, 2.24) is 5.32 Å². The molecule has 2 rings (SSSR count). The highest BCUT2D eigenvalue weighted by atomic mass is 16.5. The van der Waals surface area contributed by atoms with Gasteiger partial charge in [-0.05, 0) is 48.8 Å². The van der Waals surface area contributed by atoms with E-state index in [2.05, 4.69) is 44.3 Å². The molecule has 20 heavy (non-hydrogen) atoms. The van der Waals surface area contributed by atoms with Gasteiger partial charge >= 0.3 is 0 Å². The van der Waals surface area contributed by atoms with Crippen molar-refractivity contribution in [3.05, 3.63) is 29.3 Å². The molecule has 2 nitrogen and oxygen atoms in total. The van der Waals surface area contributed by atoms with Crippen LogP contribution in [0.15, 0.2) is 18.2 Å². The third-order valence-electron chi connectivity index (χ3n) is 4.58. The van der Waals surface area contributed by atoms with E-state index in [0.29, 0.717) is 12.0 Å². The zero-order valence-corrected chi connectivity index (χ0v) is 13.4. The van der Waals surface area contributed by atoms with Crippen LogP contribution < -0.4 is 10.1 Å². The highest BCUT2D eigenvalue weighted by molar-refractivity contribution is 5.38. The van der Waals surface area contributed by atoms with Gasteiger partial charge in [0.25, 0.3) is 0 Å². The van der Waals surface area contributed by atoms with Gasteiger partial charge in [-0.3, -0.25) is 0 Å². The summed E-state index contributed by atoms with van der Waals surface area (Å²) in [5.74, 6) is 2.47. The molecule has 2 heteroatoms. The van der Waals surface area contributed by atoms with E-state index >= 15 is 0 Å². The molecule has 1 aromatic carbocycles. The number of hydrogen-bond acceptors (Lipinski definition) is 2. The molecule has 0 heterocycles. The Kier molecular flexibility index (Phi) is 5.47. The molecule has 1 N–H and O–H groups in total.